The van der Waals surface area contributed by atoms with Crippen LogP contribution in [0.15, 0.2) is 49.1 Å². The highest BCUT2D eigenvalue weighted by Gasteiger charge is 2.23. The van der Waals surface area contributed by atoms with E-state index in [4.69, 9.17) is 4.74 Å². The third kappa shape index (κ3) is 4.19. The van der Waals surface area contributed by atoms with Gasteiger partial charge in [0.1, 0.15) is 12.7 Å². The first-order valence-electron chi connectivity index (χ1n) is 10.4. The van der Waals surface area contributed by atoms with E-state index in [9.17, 15) is 4.79 Å². The largest absolute Gasteiger partial charge is 0.378 e. The van der Waals surface area contributed by atoms with Crippen molar-refractivity contribution in [2.75, 3.05) is 62.3 Å². The van der Waals surface area contributed by atoms with Crippen LogP contribution in [-0.4, -0.2) is 88.3 Å². The van der Waals surface area contributed by atoms with E-state index in [2.05, 4.69) is 30.1 Å². The Kier molecular flexibility index (Phi) is 5.44. The molecule has 2 aliphatic heterocycles. The molecule has 3 aromatic rings. The lowest BCUT2D eigenvalue weighted by Crippen LogP contribution is -2.49. The van der Waals surface area contributed by atoms with Gasteiger partial charge in [-0.3, -0.25) is 4.79 Å². The summed E-state index contributed by atoms with van der Waals surface area (Å²) in [6, 6.07) is 11.7. The summed E-state index contributed by atoms with van der Waals surface area (Å²) in [5.41, 5.74) is 1.86. The molecule has 1 amide bonds. The average Bonchev–Trinajstić information content (AvgIpc) is 3.40. The zero-order valence-corrected chi connectivity index (χ0v) is 17.2. The minimum Gasteiger partial charge on any atom is -0.378 e. The van der Waals surface area contributed by atoms with E-state index in [1.165, 1.54) is 6.33 Å². The molecule has 0 radical (unpaired) electrons. The molecule has 0 atom stereocenters. The first-order chi connectivity index (χ1) is 15.3. The van der Waals surface area contributed by atoms with E-state index >= 15 is 0 Å². The van der Waals surface area contributed by atoms with Gasteiger partial charge in [-0.15, -0.1) is 10.2 Å². The van der Waals surface area contributed by atoms with Crippen LogP contribution in [0.2, 0.25) is 0 Å². The van der Waals surface area contributed by atoms with Crippen LogP contribution in [0.1, 0.15) is 10.4 Å². The fraction of sp³-hybridized carbons (Fsp3) is 0.381. The first kappa shape index (κ1) is 19.4. The molecule has 2 aliphatic rings. The summed E-state index contributed by atoms with van der Waals surface area (Å²) in [6.45, 7) is 6.00. The number of piperazine rings is 1. The number of hydrogen-bond acceptors (Lipinski definition) is 8. The van der Waals surface area contributed by atoms with Crippen molar-refractivity contribution in [1.29, 1.82) is 0 Å². The second kappa shape index (κ2) is 8.68. The van der Waals surface area contributed by atoms with Crippen molar-refractivity contribution in [3.05, 3.63) is 54.6 Å². The average molecular weight is 420 g/mol. The highest BCUT2D eigenvalue weighted by molar-refractivity contribution is 5.94. The zero-order valence-electron chi connectivity index (χ0n) is 17.2. The Bertz CT molecular complexity index is 993. The summed E-state index contributed by atoms with van der Waals surface area (Å²) < 4.78 is 6.97. The number of benzene rings is 1. The Balaban J connectivity index is 1.18. The van der Waals surface area contributed by atoms with Gasteiger partial charge in [-0.05, 0) is 36.4 Å². The van der Waals surface area contributed by atoms with Gasteiger partial charge in [0.25, 0.3) is 5.91 Å². The molecule has 31 heavy (non-hydrogen) atoms. The fourth-order valence-electron chi connectivity index (χ4n) is 3.89. The molecule has 10 heteroatoms. The molecule has 0 unspecified atom stereocenters. The van der Waals surface area contributed by atoms with Crippen molar-refractivity contribution in [3.8, 4) is 5.82 Å². The molecular formula is C21H24N8O2. The van der Waals surface area contributed by atoms with Crippen molar-refractivity contribution in [1.82, 2.24) is 29.9 Å². The number of rotatable bonds is 4. The van der Waals surface area contributed by atoms with Crippen LogP contribution in [0.5, 0.6) is 0 Å². The highest BCUT2D eigenvalue weighted by Crippen LogP contribution is 2.19. The van der Waals surface area contributed by atoms with Gasteiger partial charge in [0.15, 0.2) is 11.6 Å². The second-order valence-corrected chi connectivity index (χ2v) is 7.52. The van der Waals surface area contributed by atoms with Crippen LogP contribution in [0.3, 0.4) is 0 Å². The van der Waals surface area contributed by atoms with E-state index in [0.29, 0.717) is 18.9 Å². The van der Waals surface area contributed by atoms with Crippen molar-refractivity contribution < 1.29 is 9.53 Å². The Labute approximate surface area is 180 Å². The SMILES string of the molecule is O=C(c1ccc(N2CCOCC2)cc1)N1CCN(c2ccc(-n3cncn3)nn2)CC1. The maximum Gasteiger partial charge on any atom is 0.253 e. The molecule has 0 aliphatic carbocycles. The van der Waals surface area contributed by atoms with Gasteiger partial charge in [0.2, 0.25) is 0 Å². The van der Waals surface area contributed by atoms with E-state index in [-0.39, 0.29) is 5.91 Å². The minimum atomic E-state index is 0.0702. The summed E-state index contributed by atoms with van der Waals surface area (Å²) in [6.07, 6.45) is 3.05. The molecule has 5 rings (SSSR count). The number of anilines is 2. The summed E-state index contributed by atoms with van der Waals surface area (Å²) >= 11 is 0. The lowest BCUT2D eigenvalue weighted by Gasteiger charge is -2.35. The van der Waals surface area contributed by atoms with Crippen LogP contribution in [0.25, 0.3) is 5.82 Å². The second-order valence-electron chi connectivity index (χ2n) is 7.52. The predicted molar refractivity (Wildman–Crippen MR) is 115 cm³/mol. The van der Waals surface area contributed by atoms with Gasteiger partial charge in [0, 0.05) is 50.5 Å². The molecule has 2 fully saturated rings. The molecule has 10 nitrogen and oxygen atoms in total. The van der Waals surface area contributed by atoms with Gasteiger partial charge in [-0.1, -0.05) is 0 Å². The fourth-order valence-corrected chi connectivity index (χ4v) is 3.89. The van der Waals surface area contributed by atoms with Crippen LogP contribution in [-0.2, 0) is 4.74 Å². The predicted octanol–water partition coefficient (Wildman–Crippen LogP) is 0.856. The molecule has 0 spiro atoms. The van der Waals surface area contributed by atoms with E-state index in [1.54, 1.807) is 11.0 Å². The van der Waals surface area contributed by atoms with Crippen LogP contribution >= 0.6 is 0 Å². The molecule has 0 saturated carbocycles. The molecular weight excluding hydrogens is 396 g/mol. The third-order valence-electron chi connectivity index (χ3n) is 5.67. The Morgan fingerprint density at radius 3 is 2.16 bits per heavy atom. The van der Waals surface area contributed by atoms with Crippen molar-refractivity contribution in [2.24, 2.45) is 0 Å². The van der Waals surface area contributed by atoms with Crippen LogP contribution < -0.4 is 9.80 Å². The van der Waals surface area contributed by atoms with Gasteiger partial charge < -0.3 is 19.4 Å². The maximum atomic E-state index is 12.9. The smallest absolute Gasteiger partial charge is 0.253 e. The number of nitrogens with zero attached hydrogens (tertiary/aromatic N) is 8. The number of morpholine rings is 1. The van der Waals surface area contributed by atoms with Crippen LogP contribution in [0, 0.1) is 0 Å². The van der Waals surface area contributed by atoms with Gasteiger partial charge in [-0.2, -0.15) is 5.10 Å². The molecule has 0 bridgehead atoms. The number of hydrogen-bond donors (Lipinski definition) is 0. The van der Waals surface area contributed by atoms with Gasteiger partial charge in [0.05, 0.1) is 13.2 Å². The van der Waals surface area contributed by atoms with Crippen LogP contribution in [0.4, 0.5) is 11.5 Å². The van der Waals surface area contributed by atoms with Crippen molar-refractivity contribution >= 4 is 17.4 Å². The number of ether oxygens (including phenoxy) is 1. The minimum absolute atomic E-state index is 0.0702. The molecule has 0 N–H and O–H groups in total. The van der Waals surface area contributed by atoms with Gasteiger partial charge >= 0.3 is 0 Å². The van der Waals surface area contributed by atoms with Gasteiger partial charge in [-0.25, -0.2) is 9.67 Å². The lowest BCUT2D eigenvalue weighted by molar-refractivity contribution is 0.0746. The Morgan fingerprint density at radius 1 is 0.806 bits per heavy atom. The summed E-state index contributed by atoms with van der Waals surface area (Å²) in [4.78, 5) is 23.2. The molecule has 2 saturated heterocycles. The molecule has 2 aromatic heterocycles. The Hall–Kier alpha value is -3.53. The number of aromatic nitrogens is 5. The summed E-state index contributed by atoms with van der Waals surface area (Å²) in [5, 5.41) is 12.6. The van der Waals surface area contributed by atoms with E-state index < -0.39 is 0 Å². The van der Waals surface area contributed by atoms with E-state index in [1.807, 2.05) is 41.3 Å². The van der Waals surface area contributed by atoms with Crippen molar-refractivity contribution in [3.63, 3.8) is 0 Å². The normalized spacial score (nSPS) is 17.1. The highest BCUT2D eigenvalue weighted by atomic mass is 16.5. The lowest BCUT2D eigenvalue weighted by atomic mass is 10.1. The number of carbonyl (C=O) groups excluding carboxylic acids is 1. The topological polar surface area (TPSA) is 92.5 Å². The number of carbonyl (C=O) groups is 1. The quantitative estimate of drug-likeness (QED) is 0.614. The van der Waals surface area contributed by atoms with Crippen molar-refractivity contribution in [2.45, 2.75) is 0 Å². The number of amides is 1. The zero-order chi connectivity index (χ0) is 21.0. The Morgan fingerprint density at radius 2 is 1.52 bits per heavy atom. The standard InChI is InChI=1S/C21H24N8O2/c30-21(17-1-3-18(4-2-17)26-11-13-31-14-12-26)28-9-7-27(8-10-28)19-5-6-20(25-24-19)29-16-22-15-23-29/h1-6,15-16H,7-14H2. The summed E-state index contributed by atoms with van der Waals surface area (Å²) in [7, 11) is 0. The molecule has 1 aromatic carbocycles. The summed E-state index contributed by atoms with van der Waals surface area (Å²) in [5.74, 6) is 1.49. The van der Waals surface area contributed by atoms with E-state index in [0.717, 1.165) is 56.5 Å². The monoisotopic (exact) mass is 420 g/mol. The molecule has 4 heterocycles. The maximum absolute atomic E-state index is 12.9. The third-order valence-corrected chi connectivity index (χ3v) is 5.67. The first-order valence-corrected chi connectivity index (χ1v) is 10.4. The molecule has 160 valence electrons.